The van der Waals surface area contributed by atoms with Crippen molar-refractivity contribution in [1.82, 2.24) is 0 Å². The Labute approximate surface area is 188 Å². The van der Waals surface area contributed by atoms with Gasteiger partial charge in [0.2, 0.25) is 5.91 Å². The van der Waals surface area contributed by atoms with Gasteiger partial charge in [-0.05, 0) is 86.5 Å². The number of halogens is 1. The van der Waals surface area contributed by atoms with Crippen molar-refractivity contribution in [2.24, 2.45) is 29.6 Å². The summed E-state index contributed by atoms with van der Waals surface area (Å²) in [6.07, 6.45) is 5.62. The second kappa shape index (κ2) is 8.34. The standard InChI is InChI=1S/C27H30FNO3/c1-15-4-3-5-20-19(15)11-12-21-24(25(21)26(20)30)16-6-8-17(9-7-16)27(31)29-23-13-10-18(32-2)14-22(23)28/h3-5,10,13-14,16-17,21,24-25H,6-9,11-12H2,1-2H3,(H,29,31). The minimum Gasteiger partial charge on any atom is -0.497 e. The van der Waals surface area contributed by atoms with Gasteiger partial charge in [-0.25, -0.2) is 4.39 Å². The number of Topliss-reactive ketones (excluding diaryl/α,β-unsaturated/α-hetero) is 1. The number of anilines is 1. The van der Waals surface area contributed by atoms with Gasteiger partial charge in [-0.15, -0.1) is 0 Å². The number of hydrogen-bond donors (Lipinski definition) is 1. The third-order valence-corrected chi connectivity index (χ3v) is 8.06. The summed E-state index contributed by atoms with van der Waals surface area (Å²) in [7, 11) is 1.48. The molecule has 2 aromatic carbocycles. The number of ketones is 1. The first-order valence-corrected chi connectivity index (χ1v) is 11.7. The Morgan fingerprint density at radius 3 is 2.59 bits per heavy atom. The van der Waals surface area contributed by atoms with Gasteiger partial charge < -0.3 is 10.1 Å². The fraction of sp³-hybridized carbons (Fsp3) is 0.481. The van der Waals surface area contributed by atoms with Crippen molar-refractivity contribution in [3.8, 4) is 5.75 Å². The Balaban J connectivity index is 1.19. The van der Waals surface area contributed by atoms with Crippen molar-refractivity contribution < 1.29 is 18.7 Å². The molecule has 2 fully saturated rings. The van der Waals surface area contributed by atoms with Crippen LogP contribution in [-0.4, -0.2) is 18.8 Å². The topological polar surface area (TPSA) is 55.4 Å². The van der Waals surface area contributed by atoms with E-state index >= 15 is 0 Å². The van der Waals surface area contributed by atoms with E-state index in [1.807, 2.05) is 12.1 Å². The molecule has 0 bridgehead atoms. The SMILES string of the molecule is COc1ccc(NC(=O)C2CCC(C3C4CCc5c(C)cccc5C(=O)C43)CC2)c(F)c1. The van der Waals surface area contributed by atoms with E-state index in [1.165, 1.54) is 24.3 Å². The summed E-state index contributed by atoms with van der Waals surface area (Å²) in [4.78, 5) is 25.9. The van der Waals surface area contributed by atoms with Crippen LogP contribution in [0.2, 0.25) is 0 Å². The van der Waals surface area contributed by atoms with Gasteiger partial charge in [-0.3, -0.25) is 9.59 Å². The second-order valence-electron chi connectivity index (χ2n) is 9.72. The van der Waals surface area contributed by atoms with E-state index in [9.17, 15) is 14.0 Å². The molecule has 1 N–H and O–H groups in total. The van der Waals surface area contributed by atoms with Gasteiger partial charge in [0.15, 0.2) is 5.78 Å². The highest BCUT2D eigenvalue weighted by molar-refractivity contribution is 6.02. The summed E-state index contributed by atoms with van der Waals surface area (Å²) in [5.74, 6) is 1.72. The number of carbonyl (C=O) groups is 2. The highest BCUT2D eigenvalue weighted by Crippen LogP contribution is 2.59. The van der Waals surface area contributed by atoms with Crippen LogP contribution in [0.3, 0.4) is 0 Å². The highest BCUT2D eigenvalue weighted by atomic mass is 19.1. The lowest BCUT2D eigenvalue weighted by atomic mass is 9.77. The summed E-state index contributed by atoms with van der Waals surface area (Å²) in [6.45, 7) is 2.10. The maximum atomic E-state index is 14.2. The van der Waals surface area contributed by atoms with Gasteiger partial charge in [0.05, 0.1) is 12.8 Å². The Bertz CT molecular complexity index is 1060. The van der Waals surface area contributed by atoms with Crippen LogP contribution in [-0.2, 0) is 11.2 Å². The molecule has 2 aromatic rings. The van der Waals surface area contributed by atoms with Crippen molar-refractivity contribution in [3.63, 3.8) is 0 Å². The zero-order valence-electron chi connectivity index (χ0n) is 18.7. The van der Waals surface area contributed by atoms with E-state index < -0.39 is 5.82 Å². The van der Waals surface area contributed by atoms with Crippen molar-refractivity contribution in [2.45, 2.75) is 45.4 Å². The minimum absolute atomic E-state index is 0.101. The molecule has 4 nitrogen and oxygen atoms in total. The molecule has 32 heavy (non-hydrogen) atoms. The summed E-state index contributed by atoms with van der Waals surface area (Å²) in [6, 6.07) is 10.6. The summed E-state index contributed by atoms with van der Waals surface area (Å²) in [5.41, 5.74) is 3.61. The molecule has 0 heterocycles. The van der Waals surface area contributed by atoms with Gasteiger partial charge in [0, 0.05) is 23.5 Å². The molecule has 0 aliphatic heterocycles. The number of amides is 1. The van der Waals surface area contributed by atoms with Gasteiger partial charge >= 0.3 is 0 Å². The number of benzene rings is 2. The Morgan fingerprint density at radius 2 is 1.88 bits per heavy atom. The third-order valence-electron chi connectivity index (χ3n) is 8.06. The first-order chi connectivity index (χ1) is 15.5. The summed E-state index contributed by atoms with van der Waals surface area (Å²) < 4.78 is 19.2. The molecule has 2 saturated carbocycles. The normalized spacial score (nSPS) is 28.8. The van der Waals surface area contributed by atoms with E-state index in [2.05, 4.69) is 18.3 Å². The van der Waals surface area contributed by atoms with Crippen molar-refractivity contribution in [3.05, 3.63) is 58.9 Å². The number of nitrogens with one attached hydrogen (secondary N) is 1. The predicted molar refractivity (Wildman–Crippen MR) is 121 cm³/mol. The molecule has 3 aliphatic rings. The zero-order valence-corrected chi connectivity index (χ0v) is 18.7. The van der Waals surface area contributed by atoms with E-state index in [0.29, 0.717) is 29.3 Å². The fourth-order valence-electron chi connectivity index (χ4n) is 6.27. The minimum atomic E-state index is -0.487. The molecular formula is C27H30FNO3. The van der Waals surface area contributed by atoms with Crippen molar-refractivity contribution in [2.75, 3.05) is 12.4 Å². The van der Waals surface area contributed by atoms with Crippen LogP contribution < -0.4 is 10.1 Å². The van der Waals surface area contributed by atoms with Gasteiger partial charge in [0.25, 0.3) is 0 Å². The Kier molecular flexibility index (Phi) is 5.52. The lowest BCUT2D eigenvalue weighted by Crippen LogP contribution is -2.28. The first-order valence-electron chi connectivity index (χ1n) is 11.7. The largest absolute Gasteiger partial charge is 0.497 e. The Morgan fingerprint density at radius 1 is 1.09 bits per heavy atom. The smallest absolute Gasteiger partial charge is 0.227 e. The number of rotatable bonds is 4. The predicted octanol–water partition coefficient (Wildman–Crippen LogP) is 5.58. The van der Waals surface area contributed by atoms with Gasteiger partial charge in [-0.2, -0.15) is 0 Å². The van der Waals surface area contributed by atoms with Crippen LogP contribution in [0.15, 0.2) is 36.4 Å². The monoisotopic (exact) mass is 435 g/mol. The molecule has 3 atom stereocenters. The number of aryl methyl sites for hydroxylation is 1. The number of hydrogen-bond acceptors (Lipinski definition) is 3. The van der Waals surface area contributed by atoms with Crippen LogP contribution in [0.25, 0.3) is 0 Å². The lowest BCUT2D eigenvalue weighted by Gasteiger charge is -2.28. The molecule has 3 unspecified atom stereocenters. The quantitative estimate of drug-likeness (QED) is 0.682. The molecule has 0 aromatic heterocycles. The van der Waals surface area contributed by atoms with Gasteiger partial charge in [0.1, 0.15) is 11.6 Å². The molecule has 0 spiro atoms. The molecule has 5 rings (SSSR count). The Hall–Kier alpha value is -2.69. The summed E-state index contributed by atoms with van der Waals surface area (Å²) >= 11 is 0. The number of ether oxygens (including phenoxy) is 1. The van der Waals surface area contributed by atoms with E-state index in [4.69, 9.17) is 4.74 Å². The average Bonchev–Trinajstić information content (AvgIpc) is 3.54. The molecule has 1 amide bonds. The number of fused-ring (bicyclic) bond motifs is 2. The highest BCUT2D eigenvalue weighted by Gasteiger charge is 2.58. The molecule has 0 radical (unpaired) electrons. The van der Waals surface area contributed by atoms with E-state index in [0.717, 1.165) is 44.1 Å². The molecular weight excluding hydrogens is 405 g/mol. The van der Waals surface area contributed by atoms with Gasteiger partial charge in [-0.1, -0.05) is 18.2 Å². The lowest BCUT2D eigenvalue weighted by molar-refractivity contribution is -0.121. The number of methoxy groups -OCH3 is 1. The third kappa shape index (κ3) is 3.72. The molecule has 0 saturated heterocycles. The van der Waals surface area contributed by atoms with Crippen LogP contribution in [0.4, 0.5) is 10.1 Å². The molecule has 3 aliphatic carbocycles. The first kappa shape index (κ1) is 21.2. The average molecular weight is 436 g/mol. The van der Waals surface area contributed by atoms with Crippen LogP contribution in [0.5, 0.6) is 5.75 Å². The molecule has 5 heteroatoms. The van der Waals surface area contributed by atoms with Crippen LogP contribution in [0, 0.1) is 42.3 Å². The van der Waals surface area contributed by atoms with E-state index in [-0.39, 0.29) is 23.4 Å². The van der Waals surface area contributed by atoms with Crippen molar-refractivity contribution >= 4 is 17.4 Å². The number of carbonyl (C=O) groups excluding carboxylic acids is 2. The van der Waals surface area contributed by atoms with E-state index in [1.54, 1.807) is 12.1 Å². The maximum absolute atomic E-state index is 14.2. The second-order valence-corrected chi connectivity index (χ2v) is 9.72. The molecule has 168 valence electrons. The maximum Gasteiger partial charge on any atom is 0.227 e. The van der Waals surface area contributed by atoms with Crippen molar-refractivity contribution in [1.29, 1.82) is 0 Å². The summed E-state index contributed by atoms with van der Waals surface area (Å²) in [5, 5.41) is 2.75. The zero-order chi connectivity index (χ0) is 22.4. The van der Waals surface area contributed by atoms with Crippen LogP contribution >= 0.6 is 0 Å². The van der Waals surface area contributed by atoms with Crippen LogP contribution in [0.1, 0.15) is 53.6 Å². The fourth-order valence-corrected chi connectivity index (χ4v) is 6.27.